The number of halogens is 4. The van der Waals surface area contributed by atoms with Crippen LogP contribution in [0, 0.1) is 11.7 Å². The Hall–Kier alpha value is -3.20. The molecular weight excluding hydrogens is 494 g/mol. The van der Waals surface area contributed by atoms with Gasteiger partial charge in [-0.2, -0.15) is 13.2 Å². The third-order valence-electron chi connectivity index (χ3n) is 6.57. The number of aromatic carboxylic acids is 1. The molecule has 4 nitrogen and oxygen atoms in total. The fraction of sp³-hybridized carbons (Fsp3) is 0.296. The fourth-order valence-electron chi connectivity index (χ4n) is 4.52. The van der Waals surface area contributed by atoms with Gasteiger partial charge in [-0.1, -0.05) is 36.4 Å². The van der Waals surface area contributed by atoms with Crippen LogP contribution in [0.25, 0.3) is 11.1 Å². The molecule has 0 bridgehead atoms. The zero-order valence-electron chi connectivity index (χ0n) is 19.4. The van der Waals surface area contributed by atoms with Gasteiger partial charge in [0.2, 0.25) is 0 Å². The van der Waals surface area contributed by atoms with Crippen molar-refractivity contribution in [3.63, 3.8) is 0 Å². The van der Waals surface area contributed by atoms with Gasteiger partial charge in [0.25, 0.3) is 0 Å². The summed E-state index contributed by atoms with van der Waals surface area (Å²) < 4.78 is 62.4. The number of nitrogens with one attached hydrogen (secondary N) is 1. The summed E-state index contributed by atoms with van der Waals surface area (Å²) in [4.78, 5) is 11.5. The van der Waals surface area contributed by atoms with Gasteiger partial charge in [0, 0.05) is 5.56 Å². The number of ether oxygens (including phenoxy) is 1. The minimum Gasteiger partial charge on any atom is -0.495 e. The summed E-state index contributed by atoms with van der Waals surface area (Å²) in [5, 5.41) is 9.14. The molecule has 0 aromatic heterocycles. The van der Waals surface area contributed by atoms with Crippen molar-refractivity contribution < 1.29 is 32.2 Å². The third kappa shape index (κ3) is 5.78. The highest BCUT2D eigenvalue weighted by Gasteiger charge is 2.41. The third-order valence-corrected chi connectivity index (χ3v) is 7.42. The number of anilines is 1. The van der Waals surface area contributed by atoms with Gasteiger partial charge in [-0.15, -0.1) is 0 Å². The maximum atomic E-state index is 15.3. The molecule has 1 fully saturated rings. The summed E-state index contributed by atoms with van der Waals surface area (Å²) in [6, 6.07) is 16.8. The van der Waals surface area contributed by atoms with E-state index in [0.717, 1.165) is 17.5 Å². The van der Waals surface area contributed by atoms with Crippen LogP contribution in [0.15, 0.2) is 65.6 Å². The molecule has 0 unspecified atom stereocenters. The number of rotatable bonds is 7. The number of hydrogen-bond acceptors (Lipinski definition) is 4. The lowest BCUT2D eigenvalue weighted by molar-refractivity contribution is -0.182. The molecule has 0 aliphatic heterocycles. The van der Waals surface area contributed by atoms with Crippen LogP contribution in [-0.2, 0) is 0 Å². The number of alkyl halides is 3. The highest BCUT2D eigenvalue weighted by Crippen LogP contribution is 2.43. The number of carbonyl (C=O) groups is 1. The van der Waals surface area contributed by atoms with Crippen LogP contribution in [0.4, 0.5) is 23.2 Å². The first-order valence-electron chi connectivity index (χ1n) is 11.5. The maximum Gasteiger partial charge on any atom is 0.391 e. The van der Waals surface area contributed by atoms with Crippen molar-refractivity contribution in [3.8, 4) is 16.9 Å². The van der Waals surface area contributed by atoms with E-state index < -0.39 is 23.9 Å². The largest absolute Gasteiger partial charge is 0.495 e. The second-order valence-corrected chi connectivity index (χ2v) is 9.60. The number of benzene rings is 3. The van der Waals surface area contributed by atoms with Crippen molar-refractivity contribution in [1.82, 2.24) is 0 Å². The number of carboxylic acids is 1. The van der Waals surface area contributed by atoms with Crippen LogP contribution in [0.3, 0.4) is 0 Å². The van der Waals surface area contributed by atoms with Crippen molar-refractivity contribution in [3.05, 3.63) is 77.6 Å². The SMILES string of the molecule is COc1cc(C(=O)O)ccc1NSc1cccc(-c2ccc(C3CCC(C(F)(F)F)CC3)cc2)c1F. The molecule has 0 heterocycles. The fourth-order valence-corrected chi connectivity index (χ4v) is 5.25. The summed E-state index contributed by atoms with van der Waals surface area (Å²) in [7, 11) is 1.42. The second-order valence-electron chi connectivity index (χ2n) is 8.75. The average molecular weight is 520 g/mol. The molecule has 0 radical (unpaired) electrons. The molecule has 0 atom stereocenters. The molecule has 3 aromatic carbocycles. The van der Waals surface area contributed by atoms with E-state index in [1.54, 1.807) is 36.4 Å². The van der Waals surface area contributed by atoms with Crippen LogP contribution >= 0.6 is 11.9 Å². The van der Waals surface area contributed by atoms with Crippen LogP contribution in [0.5, 0.6) is 5.75 Å². The summed E-state index contributed by atoms with van der Waals surface area (Å²) >= 11 is 1.04. The molecule has 1 aliphatic carbocycles. The van der Waals surface area contributed by atoms with Crippen molar-refractivity contribution in [1.29, 1.82) is 0 Å². The predicted octanol–water partition coefficient (Wildman–Crippen LogP) is 8.15. The van der Waals surface area contributed by atoms with E-state index >= 15 is 4.39 Å². The van der Waals surface area contributed by atoms with Gasteiger partial charge in [-0.3, -0.25) is 0 Å². The van der Waals surface area contributed by atoms with Crippen molar-refractivity contribution >= 4 is 23.6 Å². The molecule has 1 aliphatic rings. The summed E-state index contributed by atoms with van der Waals surface area (Å²) in [5.74, 6) is -2.32. The topological polar surface area (TPSA) is 58.6 Å². The first-order valence-corrected chi connectivity index (χ1v) is 12.3. The Balaban J connectivity index is 1.46. The van der Waals surface area contributed by atoms with E-state index in [2.05, 4.69) is 4.72 Å². The summed E-state index contributed by atoms with van der Waals surface area (Å²) in [6.07, 6.45) is -2.86. The lowest BCUT2D eigenvalue weighted by Crippen LogP contribution is -2.27. The van der Waals surface area contributed by atoms with Crippen LogP contribution in [0.2, 0.25) is 0 Å². The minimum atomic E-state index is -4.13. The maximum absolute atomic E-state index is 15.3. The smallest absolute Gasteiger partial charge is 0.391 e. The lowest BCUT2D eigenvalue weighted by atomic mass is 9.78. The molecule has 9 heteroatoms. The normalized spacial score (nSPS) is 18.0. The Morgan fingerprint density at radius 3 is 2.33 bits per heavy atom. The van der Waals surface area contributed by atoms with E-state index in [0.29, 0.717) is 40.3 Å². The van der Waals surface area contributed by atoms with E-state index in [1.807, 2.05) is 12.1 Å². The number of carboxylic acid groups (broad SMARTS) is 1. The second kappa shape index (κ2) is 10.8. The van der Waals surface area contributed by atoms with Crippen molar-refractivity contribution in [2.24, 2.45) is 5.92 Å². The van der Waals surface area contributed by atoms with E-state index in [9.17, 15) is 18.0 Å². The Bertz CT molecular complexity index is 1220. The Labute approximate surface area is 210 Å². The molecular formula is C27H25F4NO3S. The summed E-state index contributed by atoms with van der Waals surface area (Å²) in [6.45, 7) is 0. The molecule has 4 rings (SSSR count). The monoisotopic (exact) mass is 519 g/mol. The minimum absolute atomic E-state index is 0.0763. The molecule has 0 spiro atoms. The van der Waals surface area contributed by atoms with Crippen LogP contribution in [0.1, 0.15) is 47.5 Å². The van der Waals surface area contributed by atoms with E-state index in [1.165, 1.54) is 19.2 Å². The van der Waals surface area contributed by atoms with Gasteiger partial charge < -0.3 is 14.6 Å². The molecule has 0 saturated heterocycles. The summed E-state index contributed by atoms with van der Waals surface area (Å²) in [5.41, 5.74) is 2.63. The molecule has 190 valence electrons. The first-order chi connectivity index (χ1) is 17.2. The van der Waals surface area contributed by atoms with Gasteiger partial charge in [-0.25, -0.2) is 9.18 Å². The standard InChI is InChI=1S/C27H25F4NO3S/c1-35-23-15-19(26(33)34)11-14-22(23)32-36-24-4-2-3-21(25(24)28)18-7-5-16(6-8-18)17-9-12-20(13-10-17)27(29,30)31/h2-8,11,14-15,17,20,32H,9-10,12-13H2,1H3,(H,33,34). The van der Waals surface area contributed by atoms with Gasteiger partial charge in [0.05, 0.1) is 29.2 Å². The van der Waals surface area contributed by atoms with Crippen LogP contribution < -0.4 is 9.46 Å². The molecule has 3 aromatic rings. The molecule has 36 heavy (non-hydrogen) atoms. The molecule has 2 N–H and O–H groups in total. The quantitative estimate of drug-likeness (QED) is 0.244. The Morgan fingerprint density at radius 2 is 1.72 bits per heavy atom. The highest BCUT2D eigenvalue weighted by atomic mass is 32.2. The van der Waals surface area contributed by atoms with Gasteiger partial charge in [0.15, 0.2) is 0 Å². The van der Waals surface area contributed by atoms with Crippen molar-refractivity contribution in [2.45, 2.75) is 42.7 Å². The zero-order valence-corrected chi connectivity index (χ0v) is 20.3. The average Bonchev–Trinajstić information content (AvgIpc) is 2.87. The molecule has 0 amide bonds. The van der Waals surface area contributed by atoms with Gasteiger partial charge >= 0.3 is 12.1 Å². The highest BCUT2D eigenvalue weighted by molar-refractivity contribution is 8.00. The zero-order chi connectivity index (χ0) is 25.9. The number of methoxy groups -OCH3 is 1. The van der Waals surface area contributed by atoms with E-state index in [4.69, 9.17) is 9.84 Å². The Kier molecular flexibility index (Phi) is 7.78. The van der Waals surface area contributed by atoms with Crippen molar-refractivity contribution in [2.75, 3.05) is 11.8 Å². The van der Waals surface area contributed by atoms with E-state index in [-0.39, 0.29) is 24.3 Å². The number of hydrogen-bond donors (Lipinski definition) is 2. The Morgan fingerprint density at radius 1 is 1.03 bits per heavy atom. The van der Waals surface area contributed by atoms with Gasteiger partial charge in [-0.05, 0) is 78.9 Å². The van der Waals surface area contributed by atoms with Gasteiger partial charge in [0.1, 0.15) is 11.6 Å². The lowest BCUT2D eigenvalue weighted by Gasteiger charge is -2.30. The first kappa shape index (κ1) is 25.9. The predicted molar refractivity (Wildman–Crippen MR) is 132 cm³/mol. The molecule has 1 saturated carbocycles. The van der Waals surface area contributed by atoms with Crippen LogP contribution in [-0.4, -0.2) is 24.4 Å².